The monoisotopic (exact) mass is 221 g/mol. The molecule has 0 aromatic rings. The molecule has 6 nitrogen and oxygen atoms in total. The Balaban J connectivity index is -0.000000114. The summed E-state index contributed by atoms with van der Waals surface area (Å²) >= 11 is 0. The molecule has 0 saturated heterocycles. The van der Waals surface area contributed by atoms with E-state index in [9.17, 15) is 14.4 Å². The van der Waals surface area contributed by atoms with Crippen LogP contribution in [0.4, 0.5) is 0 Å². The first kappa shape index (κ1) is 17.2. The number of carboxylic acid groups (broad SMARTS) is 1. The van der Waals surface area contributed by atoms with Gasteiger partial charge in [0.05, 0.1) is 0 Å². The molecule has 0 N–H and O–H groups in total. The number of carbonyl (C=O) groups is 1. The second-order valence-electron chi connectivity index (χ2n) is 1.20. The van der Waals surface area contributed by atoms with E-state index in [4.69, 9.17) is 9.90 Å². The van der Waals surface area contributed by atoms with E-state index < -0.39 is 15.0 Å². The maximum atomic E-state index is 9.28. The second-order valence-corrected chi connectivity index (χ2v) is 2.60. The average Bonchev–Trinajstić information content (AvgIpc) is 1.63. The largest absolute Gasteiger partial charge is 0.861 e. The molecule has 1 radical (unpaired) electrons. The van der Waals surface area contributed by atoms with Gasteiger partial charge >= 0.3 is 0 Å². The molecule has 0 atom stereocenters. The van der Waals surface area contributed by atoms with Gasteiger partial charge in [-0.1, -0.05) is 0 Å². The first-order valence-corrected chi connectivity index (χ1v) is 3.77. The Morgan fingerprint density at radius 1 is 1.36 bits per heavy atom. The second kappa shape index (κ2) is 8.15. The molecule has 0 aliphatic heterocycles. The molecule has 0 heterocycles. The molecule has 0 saturated carbocycles. The van der Waals surface area contributed by atoms with Crippen molar-refractivity contribution in [3.63, 3.8) is 0 Å². The topological polar surface area (TPSA) is 119 Å². The SMILES string of the molecule is CC(=O)[O-].CO[Si]([O-])([O-])[O-].[Mn]. The normalized spacial score (nSPS) is 8.82. The van der Waals surface area contributed by atoms with Gasteiger partial charge in [0.1, 0.15) is 0 Å². The summed E-state index contributed by atoms with van der Waals surface area (Å²) in [6.07, 6.45) is 0. The molecular weight excluding hydrogens is 215 g/mol. The number of hydrogen-bond donors (Lipinski definition) is 0. The van der Waals surface area contributed by atoms with Gasteiger partial charge in [-0.2, -0.15) is 0 Å². The van der Waals surface area contributed by atoms with Crippen molar-refractivity contribution in [2.75, 3.05) is 7.11 Å². The fourth-order valence-electron chi connectivity index (χ4n) is 0. The van der Waals surface area contributed by atoms with Crippen molar-refractivity contribution in [1.82, 2.24) is 0 Å². The third kappa shape index (κ3) is 70.1. The van der Waals surface area contributed by atoms with Crippen molar-refractivity contribution >= 4 is 15.0 Å². The molecule has 0 unspecified atom stereocenters. The predicted octanol–water partition coefficient (Wildman–Crippen LogP) is -5.10. The quantitative estimate of drug-likeness (QED) is 0.408. The number of carbonyl (C=O) groups excluding carboxylic acids is 1. The Bertz CT molecular complexity index is 96.5. The zero-order valence-corrected chi connectivity index (χ0v) is 8.01. The van der Waals surface area contributed by atoms with Crippen molar-refractivity contribution in [1.29, 1.82) is 0 Å². The summed E-state index contributed by atoms with van der Waals surface area (Å²) in [7, 11) is -4.05. The van der Waals surface area contributed by atoms with Gasteiger partial charge in [0.2, 0.25) is 0 Å². The van der Waals surface area contributed by atoms with Crippen LogP contribution in [0, 0.1) is 0 Å². The van der Waals surface area contributed by atoms with Crippen molar-refractivity contribution in [2.24, 2.45) is 0 Å². The zero-order chi connectivity index (χ0) is 8.78. The van der Waals surface area contributed by atoms with Crippen molar-refractivity contribution in [2.45, 2.75) is 6.92 Å². The van der Waals surface area contributed by atoms with Crippen LogP contribution in [0.2, 0.25) is 0 Å². The Kier molecular flexibility index (Phi) is 12.8. The summed E-state index contributed by atoms with van der Waals surface area (Å²) < 4.78 is 3.41. The Morgan fingerprint density at radius 3 is 1.45 bits per heavy atom. The summed E-state index contributed by atoms with van der Waals surface area (Å²) in [6, 6.07) is 0. The van der Waals surface area contributed by atoms with E-state index in [1.165, 1.54) is 0 Å². The van der Waals surface area contributed by atoms with E-state index in [1.807, 2.05) is 0 Å². The van der Waals surface area contributed by atoms with Gasteiger partial charge < -0.3 is 28.7 Å². The molecule has 8 heteroatoms. The fourth-order valence-corrected chi connectivity index (χ4v) is 0. The minimum absolute atomic E-state index is 0. The molecule has 0 aromatic carbocycles. The molecule has 0 fully saturated rings. The van der Waals surface area contributed by atoms with E-state index in [1.54, 1.807) is 0 Å². The molecule has 0 aliphatic carbocycles. The van der Waals surface area contributed by atoms with Crippen LogP contribution in [0.25, 0.3) is 0 Å². The minimum atomic E-state index is -4.88. The standard InChI is InChI=1S/C2H4O2.CH3O4Si.Mn/c1-2(3)4;1-5-6(2,3)4;/h1H3,(H,3,4);1H3;/q;-3;/p-1. The maximum Gasteiger partial charge on any atom is 0.0383 e. The first-order valence-electron chi connectivity index (χ1n) is 2.13. The summed E-state index contributed by atoms with van der Waals surface area (Å²) in [5.74, 6) is -1.08. The fraction of sp³-hybridized carbons (Fsp3) is 0.667. The van der Waals surface area contributed by atoms with Gasteiger partial charge in [0.25, 0.3) is 0 Å². The van der Waals surface area contributed by atoms with E-state index in [2.05, 4.69) is 4.43 Å². The molecule has 0 aliphatic rings. The van der Waals surface area contributed by atoms with Crippen LogP contribution in [0.1, 0.15) is 6.92 Å². The molecule has 0 rings (SSSR count). The van der Waals surface area contributed by atoms with Crippen molar-refractivity contribution < 1.29 is 45.8 Å². The van der Waals surface area contributed by atoms with Gasteiger partial charge in [-0.3, -0.25) is 0 Å². The summed E-state index contributed by atoms with van der Waals surface area (Å²) in [5.41, 5.74) is 0. The molecule has 0 aromatic heterocycles. The van der Waals surface area contributed by atoms with Gasteiger partial charge in [0, 0.05) is 30.1 Å². The maximum absolute atomic E-state index is 9.28. The summed E-state index contributed by atoms with van der Waals surface area (Å²) in [4.78, 5) is 36.7. The van der Waals surface area contributed by atoms with Crippen LogP contribution in [0.15, 0.2) is 0 Å². The third-order valence-electron chi connectivity index (χ3n) is 0.250. The summed E-state index contributed by atoms with van der Waals surface area (Å²) in [6.45, 7) is 0.972. The smallest absolute Gasteiger partial charge is 0.0383 e. The van der Waals surface area contributed by atoms with Crippen LogP contribution in [-0.2, 0) is 26.3 Å². The molecule has 0 bridgehead atoms. The molecule has 69 valence electrons. The van der Waals surface area contributed by atoms with Crippen LogP contribution in [-0.4, -0.2) is 22.1 Å². The van der Waals surface area contributed by atoms with Crippen LogP contribution in [0.3, 0.4) is 0 Å². The van der Waals surface area contributed by atoms with Gasteiger partial charge in [-0.25, -0.2) is 0 Å². The van der Waals surface area contributed by atoms with Gasteiger partial charge in [-0.05, 0) is 6.92 Å². The Morgan fingerprint density at radius 2 is 1.45 bits per heavy atom. The van der Waals surface area contributed by atoms with E-state index >= 15 is 0 Å². The molecular formula is C3H6MnO6Si-4. The molecule has 11 heavy (non-hydrogen) atoms. The Labute approximate surface area is 75.4 Å². The van der Waals surface area contributed by atoms with Gasteiger partial charge in [-0.15, -0.1) is 9.05 Å². The molecule has 0 spiro atoms. The van der Waals surface area contributed by atoms with E-state index in [0.29, 0.717) is 0 Å². The van der Waals surface area contributed by atoms with Crippen LogP contribution < -0.4 is 19.5 Å². The first-order chi connectivity index (χ1) is 4.29. The zero-order valence-electron chi connectivity index (χ0n) is 5.83. The van der Waals surface area contributed by atoms with Crippen molar-refractivity contribution in [3.8, 4) is 0 Å². The van der Waals surface area contributed by atoms with E-state index in [-0.39, 0.29) is 17.1 Å². The Hall–Kier alpha value is 0.0464. The average molecular weight is 221 g/mol. The van der Waals surface area contributed by atoms with Crippen molar-refractivity contribution in [3.05, 3.63) is 0 Å². The van der Waals surface area contributed by atoms with Crippen LogP contribution in [0.5, 0.6) is 0 Å². The number of hydrogen-bond acceptors (Lipinski definition) is 6. The predicted molar refractivity (Wildman–Crippen MR) is 23.4 cm³/mol. The summed E-state index contributed by atoms with van der Waals surface area (Å²) in [5, 5.41) is 8.89. The number of aliphatic carboxylic acids is 1. The third-order valence-corrected chi connectivity index (χ3v) is 0.750. The number of carboxylic acids is 1. The number of rotatable bonds is 1. The van der Waals surface area contributed by atoms with E-state index in [0.717, 1.165) is 14.0 Å². The molecule has 0 amide bonds. The van der Waals surface area contributed by atoms with Gasteiger partial charge in [0.15, 0.2) is 0 Å². The minimum Gasteiger partial charge on any atom is -0.861 e. The van der Waals surface area contributed by atoms with Crippen LogP contribution >= 0.6 is 0 Å².